The predicted molar refractivity (Wildman–Crippen MR) is 74.5 cm³/mol. The Kier molecular flexibility index (Phi) is 3.35. The van der Waals surface area contributed by atoms with Crippen LogP contribution < -0.4 is 10.6 Å². The van der Waals surface area contributed by atoms with Gasteiger partial charge < -0.3 is 5.32 Å². The Hall–Kier alpha value is -2.77. The number of nitrogens with zero attached hydrogens (tertiary/aromatic N) is 3. The molecule has 21 heavy (non-hydrogen) atoms. The zero-order valence-electron chi connectivity index (χ0n) is 11.3. The second-order valence-corrected chi connectivity index (χ2v) is 5.08. The molecule has 0 saturated heterocycles. The van der Waals surface area contributed by atoms with E-state index in [1.807, 2.05) is 6.92 Å². The molecule has 1 aromatic heterocycles. The topological polar surface area (TPSA) is 113 Å². The van der Waals surface area contributed by atoms with E-state index >= 15 is 0 Å². The van der Waals surface area contributed by atoms with E-state index in [9.17, 15) is 9.59 Å². The van der Waals surface area contributed by atoms with Crippen molar-refractivity contribution in [2.75, 3.05) is 10.6 Å². The molecule has 108 valence electrons. The number of rotatable bonds is 4. The van der Waals surface area contributed by atoms with Gasteiger partial charge in [0.25, 0.3) is 11.9 Å². The molecule has 8 nitrogen and oxygen atoms in total. The minimum Gasteiger partial charge on any atom is -0.326 e. The van der Waals surface area contributed by atoms with Crippen molar-refractivity contribution in [1.29, 1.82) is 0 Å². The summed E-state index contributed by atoms with van der Waals surface area (Å²) in [5.41, 5.74) is 1.00. The predicted octanol–water partition coefficient (Wildman–Crippen LogP) is 1.05. The van der Waals surface area contributed by atoms with Gasteiger partial charge in [0.2, 0.25) is 5.91 Å². The fraction of sp³-hybridized carbons (Fsp3) is 0.308. The Morgan fingerprint density at radius 3 is 2.81 bits per heavy atom. The molecule has 1 saturated carbocycles. The number of hydrogen-bond acceptors (Lipinski definition) is 5. The van der Waals surface area contributed by atoms with Crippen molar-refractivity contribution < 1.29 is 9.59 Å². The van der Waals surface area contributed by atoms with Crippen molar-refractivity contribution in [2.24, 2.45) is 11.8 Å². The van der Waals surface area contributed by atoms with Crippen LogP contribution in [0.4, 0.5) is 11.6 Å². The van der Waals surface area contributed by atoms with Gasteiger partial charge in [-0.2, -0.15) is 5.21 Å². The molecule has 1 aromatic carbocycles. The molecule has 8 heteroatoms. The number of aromatic nitrogens is 4. The van der Waals surface area contributed by atoms with Gasteiger partial charge in [-0.15, -0.1) is 5.10 Å². The van der Waals surface area contributed by atoms with E-state index in [-0.39, 0.29) is 23.7 Å². The molecule has 1 aliphatic rings. The van der Waals surface area contributed by atoms with Crippen LogP contribution >= 0.6 is 0 Å². The van der Waals surface area contributed by atoms with Gasteiger partial charge in [0.1, 0.15) is 0 Å². The van der Waals surface area contributed by atoms with E-state index in [1.54, 1.807) is 24.3 Å². The highest BCUT2D eigenvalue weighted by atomic mass is 16.2. The fourth-order valence-corrected chi connectivity index (χ4v) is 2.05. The van der Waals surface area contributed by atoms with Crippen molar-refractivity contribution in [3.8, 4) is 0 Å². The summed E-state index contributed by atoms with van der Waals surface area (Å²) in [5.74, 6) is 0.253. The Labute approximate surface area is 120 Å². The summed E-state index contributed by atoms with van der Waals surface area (Å²) in [5, 5.41) is 18.2. The van der Waals surface area contributed by atoms with Crippen LogP contribution in [0.1, 0.15) is 23.7 Å². The summed E-state index contributed by atoms with van der Waals surface area (Å²) < 4.78 is 0. The standard InChI is InChI=1S/C13H14N6O2/c1-7-5-10(7)12(21)14-9-4-2-3-8(6-9)11(20)15-13-16-18-19-17-13/h2-4,6-7,10H,5H2,1H3,(H,14,21)(H2,15,16,17,18,19,20)/t7-,10+/m1/s1. The third-order valence-electron chi connectivity index (χ3n) is 3.41. The van der Waals surface area contributed by atoms with Crippen LogP contribution in [-0.2, 0) is 4.79 Å². The van der Waals surface area contributed by atoms with Crippen molar-refractivity contribution in [3.05, 3.63) is 29.8 Å². The van der Waals surface area contributed by atoms with Gasteiger partial charge in [0.05, 0.1) is 0 Å². The van der Waals surface area contributed by atoms with Crippen LogP contribution in [0.2, 0.25) is 0 Å². The zero-order valence-corrected chi connectivity index (χ0v) is 11.3. The SMILES string of the molecule is C[C@@H]1C[C@@H]1C(=O)Nc1cccc(C(=O)Nc2nn[nH]n2)c1. The average molecular weight is 286 g/mol. The number of anilines is 2. The molecule has 1 aliphatic carbocycles. The third-order valence-corrected chi connectivity index (χ3v) is 3.41. The van der Waals surface area contributed by atoms with Crippen LogP contribution in [0.25, 0.3) is 0 Å². The minimum atomic E-state index is -0.368. The first-order valence-corrected chi connectivity index (χ1v) is 6.59. The summed E-state index contributed by atoms with van der Waals surface area (Å²) in [4.78, 5) is 23.9. The van der Waals surface area contributed by atoms with Gasteiger partial charge >= 0.3 is 0 Å². The largest absolute Gasteiger partial charge is 0.326 e. The van der Waals surface area contributed by atoms with Crippen LogP contribution in [0.3, 0.4) is 0 Å². The number of hydrogen-bond donors (Lipinski definition) is 3. The first-order chi connectivity index (χ1) is 10.1. The maximum absolute atomic E-state index is 12.0. The van der Waals surface area contributed by atoms with E-state index in [2.05, 4.69) is 31.3 Å². The molecule has 0 unspecified atom stereocenters. The van der Waals surface area contributed by atoms with Crippen LogP contribution in [0.15, 0.2) is 24.3 Å². The van der Waals surface area contributed by atoms with Gasteiger partial charge in [-0.05, 0) is 35.8 Å². The number of aromatic amines is 1. The number of benzene rings is 1. The Bertz CT molecular complexity index is 669. The number of tetrazole rings is 1. The normalized spacial score (nSPS) is 19.9. The summed E-state index contributed by atoms with van der Waals surface area (Å²) in [6, 6.07) is 6.71. The molecule has 1 heterocycles. The molecule has 3 rings (SSSR count). The van der Waals surface area contributed by atoms with Gasteiger partial charge in [-0.3, -0.25) is 14.9 Å². The lowest BCUT2D eigenvalue weighted by Gasteiger charge is -2.06. The van der Waals surface area contributed by atoms with E-state index in [0.717, 1.165) is 6.42 Å². The molecular formula is C13H14N6O2. The van der Waals surface area contributed by atoms with Crippen molar-refractivity contribution in [1.82, 2.24) is 20.6 Å². The highest BCUT2D eigenvalue weighted by Gasteiger charge is 2.39. The quantitative estimate of drug-likeness (QED) is 0.777. The second kappa shape index (κ2) is 5.31. The van der Waals surface area contributed by atoms with Gasteiger partial charge in [-0.25, -0.2) is 0 Å². The van der Waals surface area contributed by atoms with E-state index in [1.165, 1.54) is 0 Å². The molecule has 2 amide bonds. The number of carbonyl (C=O) groups is 2. The first kappa shape index (κ1) is 13.2. The lowest BCUT2D eigenvalue weighted by molar-refractivity contribution is -0.117. The zero-order chi connectivity index (χ0) is 14.8. The van der Waals surface area contributed by atoms with Crippen molar-refractivity contribution in [3.63, 3.8) is 0 Å². The smallest absolute Gasteiger partial charge is 0.270 e. The minimum absolute atomic E-state index is 0.00164. The highest BCUT2D eigenvalue weighted by Crippen LogP contribution is 2.38. The van der Waals surface area contributed by atoms with Crippen LogP contribution in [-0.4, -0.2) is 32.4 Å². The first-order valence-electron chi connectivity index (χ1n) is 6.59. The Balaban J connectivity index is 1.67. The molecule has 3 N–H and O–H groups in total. The van der Waals surface area contributed by atoms with E-state index < -0.39 is 0 Å². The highest BCUT2D eigenvalue weighted by molar-refractivity contribution is 6.04. The summed E-state index contributed by atoms with van der Waals surface area (Å²) in [6.45, 7) is 2.04. The summed E-state index contributed by atoms with van der Waals surface area (Å²) in [6.07, 6.45) is 0.920. The summed E-state index contributed by atoms with van der Waals surface area (Å²) >= 11 is 0. The lowest BCUT2D eigenvalue weighted by atomic mass is 10.2. The van der Waals surface area contributed by atoms with Crippen LogP contribution in [0.5, 0.6) is 0 Å². The molecule has 0 aliphatic heterocycles. The molecule has 1 fully saturated rings. The molecule has 0 spiro atoms. The molecule has 0 radical (unpaired) electrons. The lowest BCUT2D eigenvalue weighted by Crippen LogP contribution is -2.16. The van der Waals surface area contributed by atoms with E-state index in [0.29, 0.717) is 17.2 Å². The Morgan fingerprint density at radius 2 is 2.14 bits per heavy atom. The van der Waals surface area contributed by atoms with Crippen LogP contribution in [0, 0.1) is 11.8 Å². The molecule has 0 bridgehead atoms. The van der Waals surface area contributed by atoms with Gasteiger partial charge in [-0.1, -0.05) is 18.1 Å². The maximum atomic E-state index is 12.0. The van der Waals surface area contributed by atoms with Gasteiger partial charge in [0, 0.05) is 17.2 Å². The molecular weight excluding hydrogens is 272 g/mol. The number of carbonyl (C=O) groups excluding carboxylic acids is 2. The van der Waals surface area contributed by atoms with Crippen molar-refractivity contribution >= 4 is 23.5 Å². The van der Waals surface area contributed by atoms with Gasteiger partial charge in [0.15, 0.2) is 0 Å². The summed E-state index contributed by atoms with van der Waals surface area (Å²) in [7, 11) is 0. The monoisotopic (exact) mass is 286 g/mol. The maximum Gasteiger partial charge on any atom is 0.270 e. The second-order valence-electron chi connectivity index (χ2n) is 5.08. The molecule has 2 atom stereocenters. The third kappa shape index (κ3) is 3.04. The molecule has 2 aromatic rings. The number of H-pyrrole nitrogens is 1. The fourth-order valence-electron chi connectivity index (χ4n) is 2.05. The average Bonchev–Trinajstić information content (AvgIpc) is 2.98. The Morgan fingerprint density at radius 1 is 1.33 bits per heavy atom. The van der Waals surface area contributed by atoms with E-state index in [4.69, 9.17) is 0 Å². The number of amides is 2. The number of nitrogens with one attached hydrogen (secondary N) is 3. The van der Waals surface area contributed by atoms with Crippen molar-refractivity contribution in [2.45, 2.75) is 13.3 Å².